The number of aliphatic hydroxyl groups is 1. The normalized spacial score (nSPS) is 17.1. The second kappa shape index (κ2) is 11.2. The lowest BCUT2D eigenvalue weighted by Crippen LogP contribution is -2.46. The van der Waals surface area contributed by atoms with Gasteiger partial charge in [0, 0.05) is 13.1 Å². The van der Waals surface area contributed by atoms with Crippen molar-refractivity contribution in [3.63, 3.8) is 0 Å². The van der Waals surface area contributed by atoms with Gasteiger partial charge in [-0.1, -0.05) is 72.8 Å². The van der Waals surface area contributed by atoms with E-state index in [2.05, 4.69) is 5.32 Å². The van der Waals surface area contributed by atoms with Crippen molar-refractivity contribution in [3.8, 4) is 0 Å². The van der Waals surface area contributed by atoms with Crippen molar-refractivity contribution in [1.29, 1.82) is 0 Å². The maximum Gasteiger partial charge on any atom is 0.410 e. The third-order valence-electron chi connectivity index (χ3n) is 5.08. The molecule has 0 saturated heterocycles. The van der Waals surface area contributed by atoms with Crippen LogP contribution in [0.5, 0.6) is 0 Å². The summed E-state index contributed by atoms with van der Waals surface area (Å²) < 4.78 is 5.41. The third kappa shape index (κ3) is 6.46. The number of nitrogens with zero attached hydrogens (tertiary/aromatic N) is 1. The van der Waals surface area contributed by atoms with Gasteiger partial charge in [0.1, 0.15) is 6.61 Å². The molecule has 6 nitrogen and oxygen atoms in total. The molecule has 0 aromatic heterocycles. The van der Waals surface area contributed by atoms with Gasteiger partial charge in [-0.15, -0.1) is 0 Å². The van der Waals surface area contributed by atoms with E-state index in [1.807, 2.05) is 72.8 Å². The first-order chi connectivity index (χ1) is 14.7. The number of nitrogens with one attached hydrogen (secondary N) is 1. The number of hydrogen-bond acceptors (Lipinski definition) is 4. The fraction of sp³-hybridized carbons (Fsp3) is 0.333. The summed E-state index contributed by atoms with van der Waals surface area (Å²) >= 11 is 0. The summed E-state index contributed by atoms with van der Waals surface area (Å²) in [5.41, 5.74) is 1.96. The van der Waals surface area contributed by atoms with Crippen LogP contribution in [0.4, 0.5) is 4.79 Å². The van der Waals surface area contributed by atoms with Crippen molar-refractivity contribution in [2.45, 2.75) is 25.5 Å². The minimum Gasteiger partial charge on any atom is -0.445 e. The van der Waals surface area contributed by atoms with Crippen molar-refractivity contribution in [2.75, 3.05) is 19.7 Å². The zero-order chi connectivity index (χ0) is 21.2. The van der Waals surface area contributed by atoms with Crippen LogP contribution in [0, 0.1) is 5.92 Å². The molecule has 2 aromatic carbocycles. The van der Waals surface area contributed by atoms with Gasteiger partial charge in [-0.05, 0) is 24.0 Å². The molecule has 1 heterocycles. The SMILES string of the molecule is O=C(N[C@@H](CO)Cc1ccccc1)[C@@H]1CC=CCN(C(=O)OCc2ccccc2)C1. The van der Waals surface area contributed by atoms with E-state index in [9.17, 15) is 14.7 Å². The molecule has 1 aliphatic heterocycles. The van der Waals surface area contributed by atoms with Gasteiger partial charge in [0.15, 0.2) is 0 Å². The molecule has 3 rings (SSSR count). The van der Waals surface area contributed by atoms with Gasteiger partial charge in [0.05, 0.1) is 18.6 Å². The van der Waals surface area contributed by atoms with Crippen LogP contribution in [0.2, 0.25) is 0 Å². The largest absolute Gasteiger partial charge is 0.445 e. The van der Waals surface area contributed by atoms with E-state index in [4.69, 9.17) is 4.74 Å². The first-order valence-electron chi connectivity index (χ1n) is 10.2. The van der Waals surface area contributed by atoms with Crippen LogP contribution in [-0.4, -0.2) is 47.7 Å². The molecular formula is C24H28N2O4. The zero-order valence-electron chi connectivity index (χ0n) is 16.9. The Morgan fingerprint density at radius 3 is 2.37 bits per heavy atom. The van der Waals surface area contributed by atoms with Gasteiger partial charge < -0.3 is 20.1 Å². The Balaban J connectivity index is 1.54. The third-order valence-corrected chi connectivity index (χ3v) is 5.08. The molecule has 0 unspecified atom stereocenters. The summed E-state index contributed by atoms with van der Waals surface area (Å²) in [5.74, 6) is -0.560. The van der Waals surface area contributed by atoms with E-state index >= 15 is 0 Å². The van der Waals surface area contributed by atoms with Crippen LogP contribution < -0.4 is 5.32 Å². The average Bonchev–Trinajstić information content (AvgIpc) is 3.05. The van der Waals surface area contributed by atoms with E-state index in [1.165, 1.54) is 0 Å². The highest BCUT2D eigenvalue weighted by atomic mass is 16.6. The number of amides is 2. The molecular weight excluding hydrogens is 380 g/mol. The lowest BCUT2D eigenvalue weighted by atomic mass is 10.0. The van der Waals surface area contributed by atoms with Gasteiger partial charge in [-0.25, -0.2) is 4.79 Å². The van der Waals surface area contributed by atoms with Crippen molar-refractivity contribution < 1.29 is 19.4 Å². The fourth-order valence-electron chi connectivity index (χ4n) is 3.41. The lowest BCUT2D eigenvalue weighted by Gasteiger charge is -2.25. The maximum atomic E-state index is 12.8. The van der Waals surface area contributed by atoms with E-state index < -0.39 is 12.0 Å². The molecule has 30 heavy (non-hydrogen) atoms. The Hall–Kier alpha value is -3.12. The van der Waals surface area contributed by atoms with Crippen molar-refractivity contribution in [2.24, 2.45) is 5.92 Å². The van der Waals surface area contributed by atoms with Crippen LogP contribution in [0.15, 0.2) is 72.8 Å². The molecule has 6 heteroatoms. The topological polar surface area (TPSA) is 78.9 Å². The maximum absolute atomic E-state index is 12.8. The molecule has 158 valence electrons. The summed E-state index contributed by atoms with van der Waals surface area (Å²) in [4.78, 5) is 26.9. The summed E-state index contributed by atoms with van der Waals surface area (Å²) in [7, 11) is 0. The number of carbonyl (C=O) groups excluding carboxylic acids is 2. The number of allylic oxidation sites excluding steroid dienone is 1. The summed E-state index contributed by atoms with van der Waals surface area (Å²) in [6.45, 7) is 0.729. The van der Waals surface area contributed by atoms with Gasteiger partial charge >= 0.3 is 6.09 Å². The van der Waals surface area contributed by atoms with E-state index in [-0.39, 0.29) is 31.7 Å². The Morgan fingerprint density at radius 2 is 1.70 bits per heavy atom. The lowest BCUT2D eigenvalue weighted by molar-refractivity contribution is -0.126. The highest BCUT2D eigenvalue weighted by molar-refractivity contribution is 5.80. The number of benzene rings is 2. The molecule has 2 amide bonds. The molecule has 2 aromatic rings. The Bertz CT molecular complexity index is 839. The second-order valence-electron chi connectivity index (χ2n) is 7.43. The molecule has 2 N–H and O–H groups in total. The summed E-state index contributed by atoms with van der Waals surface area (Å²) in [5, 5.41) is 12.6. The predicted octanol–water partition coefficient (Wildman–Crippen LogP) is 2.92. The monoisotopic (exact) mass is 408 g/mol. The van der Waals surface area contributed by atoms with Gasteiger partial charge in [-0.3, -0.25) is 4.79 Å². The Labute approximate surface area is 177 Å². The molecule has 0 spiro atoms. The van der Waals surface area contributed by atoms with Gasteiger partial charge in [0.2, 0.25) is 5.91 Å². The molecule has 2 atom stereocenters. The van der Waals surface area contributed by atoms with Crippen molar-refractivity contribution >= 4 is 12.0 Å². The zero-order valence-corrected chi connectivity index (χ0v) is 16.9. The molecule has 1 aliphatic rings. The van der Waals surface area contributed by atoms with E-state index in [0.29, 0.717) is 19.4 Å². The number of hydrogen-bond donors (Lipinski definition) is 2. The Kier molecular flexibility index (Phi) is 8.03. The minimum atomic E-state index is -0.439. The molecule has 0 saturated carbocycles. The van der Waals surface area contributed by atoms with Gasteiger partial charge in [0.25, 0.3) is 0 Å². The van der Waals surface area contributed by atoms with Crippen LogP contribution in [0.25, 0.3) is 0 Å². The number of aliphatic hydroxyl groups excluding tert-OH is 1. The summed E-state index contributed by atoms with van der Waals surface area (Å²) in [6, 6.07) is 18.8. The highest BCUT2D eigenvalue weighted by Crippen LogP contribution is 2.15. The van der Waals surface area contributed by atoms with E-state index in [1.54, 1.807) is 4.90 Å². The average molecular weight is 408 g/mol. The summed E-state index contributed by atoms with van der Waals surface area (Å²) in [6.07, 6.45) is 4.45. The van der Waals surface area contributed by atoms with E-state index in [0.717, 1.165) is 11.1 Å². The van der Waals surface area contributed by atoms with Crippen LogP contribution >= 0.6 is 0 Å². The fourth-order valence-corrected chi connectivity index (χ4v) is 3.41. The standard InChI is InChI=1S/C24H28N2O4/c27-17-22(15-19-9-3-1-4-10-19)25-23(28)21-13-7-8-14-26(16-21)24(29)30-18-20-11-5-2-6-12-20/h1-12,21-22,27H,13-18H2,(H,25,28)/t21-,22-/m1/s1. The van der Waals surface area contributed by atoms with Crippen LogP contribution in [0.3, 0.4) is 0 Å². The highest BCUT2D eigenvalue weighted by Gasteiger charge is 2.27. The minimum absolute atomic E-state index is 0.147. The number of ether oxygens (including phenoxy) is 1. The smallest absolute Gasteiger partial charge is 0.410 e. The van der Waals surface area contributed by atoms with Gasteiger partial charge in [-0.2, -0.15) is 0 Å². The molecule has 0 bridgehead atoms. The first-order valence-corrected chi connectivity index (χ1v) is 10.2. The molecule has 0 fully saturated rings. The molecule has 0 aliphatic carbocycles. The van der Waals surface area contributed by atoms with Crippen LogP contribution in [0.1, 0.15) is 17.5 Å². The van der Waals surface area contributed by atoms with Crippen molar-refractivity contribution in [3.05, 3.63) is 83.9 Å². The van der Waals surface area contributed by atoms with Crippen LogP contribution in [-0.2, 0) is 22.6 Å². The number of carbonyl (C=O) groups is 2. The quantitative estimate of drug-likeness (QED) is 0.691. The first kappa shape index (κ1) is 21.6. The molecule has 0 radical (unpaired) electrons. The Morgan fingerprint density at radius 1 is 1.03 bits per heavy atom. The second-order valence-corrected chi connectivity index (χ2v) is 7.43. The van der Waals surface area contributed by atoms with Crippen molar-refractivity contribution in [1.82, 2.24) is 10.2 Å². The predicted molar refractivity (Wildman–Crippen MR) is 115 cm³/mol. The number of rotatable bonds is 7.